The summed E-state index contributed by atoms with van der Waals surface area (Å²) >= 11 is 0. The van der Waals surface area contributed by atoms with E-state index in [0.717, 1.165) is 19.6 Å². The van der Waals surface area contributed by atoms with Crippen molar-refractivity contribution in [3.63, 3.8) is 0 Å². The van der Waals surface area contributed by atoms with E-state index in [9.17, 15) is 0 Å². The molecule has 0 fully saturated rings. The Bertz CT molecular complexity index is 348. The largest absolute Gasteiger partial charge is 0.374 e. The van der Waals surface area contributed by atoms with Crippen molar-refractivity contribution in [1.29, 1.82) is 0 Å². The van der Waals surface area contributed by atoms with Gasteiger partial charge in [0.05, 0.1) is 0 Å². The number of nitrogens with zero attached hydrogens (tertiary/aromatic N) is 1. The second-order valence-electron chi connectivity index (χ2n) is 6.38. The fourth-order valence-electron chi connectivity index (χ4n) is 2.30. The Balaban J connectivity index is 2.54. The number of hydrogen-bond donors (Lipinski definition) is 1. The summed E-state index contributed by atoms with van der Waals surface area (Å²) in [5, 5.41) is 3.61. The van der Waals surface area contributed by atoms with Gasteiger partial charge in [-0.2, -0.15) is 0 Å². The van der Waals surface area contributed by atoms with Gasteiger partial charge in [0.2, 0.25) is 0 Å². The summed E-state index contributed by atoms with van der Waals surface area (Å²) in [6.07, 6.45) is 1.19. The lowest BCUT2D eigenvalue weighted by molar-refractivity contribution is 0.294. The molecule has 0 spiro atoms. The highest BCUT2D eigenvalue weighted by Gasteiger charge is 2.23. The molecule has 1 aromatic rings. The van der Waals surface area contributed by atoms with Crippen molar-refractivity contribution in [3.8, 4) is 0 Å². The molecule has 0 aliphatic rings. The van der Waals surface area contributed by atoms with Gasteiger partial charge < -0.3 is 10.2 Å². The summed E-state index contributed by atoms with van der Waals surface area (Å²) in [6, 6.07) is 10.6. The van der Waals surface area contributed by atoms with E-state index in [2.05, 4.69) is 75.3 Å². The van der Waals surface area contributed by atoms with Crippen LogP contribution in [-0.4, -0.2) is 26.7 Å². The molecule has 1 N–H and O–H groups in total. The fraction of sp³-hybridized carbons (Fsp3) is 0.647. The number of benzene rings is 1. The summed E-state index contributed by atoms with van der Waals surface area (Å²) < 4.78 is 0. The Kier molecular flexibility index (Phi) is 6.36. The summed E-state index contributed by atoms with van der Waals surface area (Å²) in [4.78, 5) is 2.36. The minimum absolute atomic E-state index is 0.319. The van der Waals surface area contributed by atoms with Crippen LogP contribution in [0.5, 0.6) is 0 Å². The Labute approximate surface area is 119 Å². The van der Waals surface area contributed by atoms with E-state index < -0.39 is 0 Å². The van der Waals surface area contributed by atoms with Gasteiger partial charge in [0.25, 0.3) is 0 Å². The Morgan fingerprint density at radius 2 is 1.84 bits per heavy atom. The Morgan fingerprint density at radius 1 is 1.21 bits per heavy atom. The maximum atomic E-state index is 3.61. The highest BCUT2D eigenvalue weighted by molar-refractivity contribution is 5.45. The zero-order valence-electron chi connectivity index (χ0n) is 13.2. The van der Waals surface area contributed by atoms with Crippen LogP contribution in [0.15, 0.2) is 30.3 Å². The van der Waals surface area contributed by atoms with Gasteiger partial charge in [0.15, 0.2) is 0 Å². The standard InChI is InChI=1S/C17H30N2/c1-6-17(4,13-18-12-15(2)3)14-19(5)16-10-8-7-9-11-16/h7-11,15,18H,6,12-14H2,1-5H3. The molecular weight excluding hydrogens is 232 g/mol. The molecule has 0 aliphatic heterocycles. The molecule has 108 valence electrons. The molecule has 0 saturated heterocycles. The van der Waals surface area contributed by atoms with Crippen LogP contribution in [0, 0.1) is 11.3 Å². The van der Waals surface area contributed by atoms with E-state index in [0.29, 0.717) is 11.3 Å². The third-order valence-electron chi connectivity index (χ3n) is 3.77. The highest BCUT2D eigenvalue weighted by Crippen LogP contribution is 2.24. The smallest absolute Gasteiger partial charge is 0.0363 e. The quantitative estimate of drug-likeness (QED) is 0.767. The average molecular weight is 262 g/mol. The lowest BCUT2D eigenvalue weighted by Gasteiger charge is -2.34. The molecule has 0 radical (unpaired) electrons. The van der Waals surface area contributed by atoms with Crippen molar-refractivity contribution in [2.45, 2.75) is 34.1 Å². The lowest BCUT2D eigenvalue weighted by Crippen LogP contribution is -2.41. The van der Waals surface area contributed by atoms with E-state index in [1.54, 1.807) is 0 Å². The van der Waals surface area contributed by atoms with E-state index in [1.165, 1.54) is 12.1 Å². The summed E-state index contributed by atoms with van der Waals surface area (Å²) in [5.74, 6) is 0.716. The van der Waals surface area contributed by atoms with Crippen LogP contribution in [0.3, 0.4) is 0 Å². The summed E-state index contributed by atoms with van der Waals surface area (Å²) in [7, 11) is 2.19. The van der Waals surface area contributed by atoms with Gasteiger partial charge in [-0.05, 0) is 36.4 Å². The molecule has 2 nitrogen and oxygen atoms in total. The molecule has 1 unspecified atom stereocenters. The second kappa shape index (κ2) is 7.54. The fourth-order valence-corrected chi connectivity index (χ4v) is 2.30. The molecule has 0 aromatic heterocycles. The third kappa shape index (κ3) is 5.65. The van der Waals surface area contributed by atoms with Crippen LogP contribution >= 0.6 is 0 Å². The molecule has 1 rings (SSSR count). The average Bonchev–Trinajstić information content (AvgIpc) is 2.39. The van der Waals surface area contributed by atoms with Gasteiger partial charge in [-0.3, -0.25) is 0 Å². The minimum atomic E-state index is 0.319. The van der Waals surface area contributed by atoms with Crippen molar-refractivity contribution in [1.82, 2.24) is 5.32 Å². The second-order valence-corrected chi connectivity index (χ2v) is 6.38. The van der Waals surface area contributed by atoms with Crippen LogP contribution in [0.1, 0.15) is 34.1 Å². The van der Waals surface area contributed by atoms with Gasteiger partial charge in [-0.25, -0.2) is 0 Å². The van der Waals surface area contributed by atoms with Crippen molar-refractivity contribution in [3.05, 3.63) is 30.3 Å². The van der Waals surface area contributed by atoms with Gasteiger partial charge in [-0.1, -0.05) is 45.9 Å². The van der Waals surface area contributed by atoms with Crippen LogP contribution in [0.4, 0.5) is 5.69 Å². The topological polar surface area (TPSA) is 15.3 Å². The molecule has 0 heterocycles. The predicted octanol–water partition coefficient (Wildman–Crippen LogP) is 3.78. The summed E-state index contributed by atoms with van der Waals surface area (Å²) in [6.45, 7) is 12.4. The number of anilines is 1. The van der Waals surface area contributed by atoms with Crippen LogP contribution < -0.4 is 10.2 Å². The summed E-state index contributed by atoms with van der Waals surface area (Å²) in [5.41, 5.74) is 1.62. The van der Waals surface area contributed by atoms with Crippen molar-refractivity contribution < 1.29 is 0 Å². The molecule has 1 aromatic carbocycles. The highest BCUT2D eigenvalue weighted by atomic mass is 15.1. The van der Waals surface area contributed by atoms with Crippen molar-refractivity contribution in [2.75, 3.05) is 31.6 Å². The normalized spacial score (nSPS) is 14.4. The van der Waals surface area contributed by atoms with Gasteiger partial charge in [-0.15, -0.1) is 0 Å². The monoisotopic (exact) mass is 262 g/mol. The SMILES string of the molecule is CCC(C)(CNCC(C)C)CN(C)c1ccccc1. The van der Waals surface area contributed by atoms with Crippen LogP contribution in [-0.2, 0) is 0 Å². The first kappa shape index (κ1) is 16.0. The van der Waals surface area contributed by atoms with Gasteiger partial charge in [0, 0.05) is 25.8 Å². The maximum Gasteiger partial charge on any atom is 0.0363 e. The molecule has 0 aliphatic carbocycles. The van der Waals surface area contributed by atoms with E-state index in [1.807, 2.05) is 0 Å². The molecule has 2 heteroatoms. The van der Waals surface area contributed by atoms with E-state index >= 15 is 0 Å². The van der Waals surface area contributed by atoms with Gasteiger partial charge in [0.1, 0.15) is 0 Å². The first-order valence-corrected chi connectivity index (χ1v) is 7.44. The predicted molar refractivity (Wildman–Crippen MR) is 85.8 cm³/mol. The molecule has 19 heavy (non-hydrogen) atoms. The number of nitrogens with one attached hydrogen (secondary N) is 1. The lowest BCUT2D eigenvalue weighted by atomic mass is 9.86. The van der Waals surface area contributed by atoms with Crippen LogP contribution in [0.2, 0.25) is 0 Å². The van der Waals surface area contributed by atoms with E-state index in [4.69, 9.17) is 0 Å². The number of hydrogen-bond acceptors (Lipinski definition) is 2. The molecular formula is C17H30N2. The molecule has 0 bridgehead atoms. The third-order valence-corrected chi connectivity index (χ3v) is 3.77. The first-order valence-electron chi connectivity index (χ1n) is 7.44. The zero-order chi connectivity index (χ0) is 14.3. The number of rotatable bonds is 8. The molecule has 1 atom stereocenters. The van der Waals surface area contributed by atoms with Crippen LogP contribution in [0.25, 0.3) is 0 Å². The molecule has 0 amide bonds. The maximum absolute atomic E-state index is 3.61. The Hall–Kier alpha value is -1.02. The zero-order valence-corrected chi connectivity index (χ0v) is 13.2. The molecule has 0 saturated carbocycles. The first-order chi connectivity index (χ1) is 8.97. The Morgan fingerprint density at radius 3 is 2.37 bits per heavy atom. The van der Waals surface area contributed by atoms with Crippen molar-refractivity contribution in [2.24, 2.45) is 11.3 Å². The van der Waals surface area contributed by atoms with Gasteiger partial charge >= 0.3 is 0 Å². The number of para-hydroxylation sites is 1. The van der Waals surface area contributed by atoms with E-state index in [-0.39, 0.29) is 0 Å². The van der Waals surface area contributed by atoms with Crippen molar-refractivity contribution >= 4 is 5.69 Å². The minimum Gasteiger partial charge on any atom is -0.374 e.